The fourth-order valence-corrected chi connectivity index (χ4v) is 3.50. The Hall–Kier alpha value is -2.76. The van der Waals surface area contributed by atoms with E-state index in [9.17, 15) is 17.6 Å². The maximum Gasteiger partial charge on any atom is 0.254 e. The highest BCUT2D eigenvalue weighted by Crippen LogP contribution is 2.14. The molecule has 0 aromatic heterocycles. The van der Waals surface area contributed by atoms with E-state index in [2.05, 4.69) is 4.72 Å². The third kappa shape index (κ3) is 5.61. The topological polar surface area (TPSA) is 90.3 Å². The lowest BCUT2D eigenvalue weighted by molar-refractivity contribution is 0.0752. The SMILES string of the molecule is CCN(Cc1cccc(F)c1)C(=O)c1ccc(S(=O)(=O)NCCC#N)cc1. The van der Waals surface area contributed by atoms with Crippen LogP contribution in [0.15, 0.2) is 53.4 Å². The molecule has 2 aromatic carbocycles. The van der Waals surface area contributed by atoms with Gasteiger partial charge in [-0.3, -0.25) is 4.79 Å². The van der Waals surface area contributed by atoms with E-state index in [1.807, 2.05) is 13.0 Å². The van der Waals surface area contributed by atoms with Crippen LogP contribution in [0.1, 0.15) is 29.3 Å². The minimum Gasteiger partial charge on any atom is -0.335 e. The quantitative estimate of drug-likeness (QED) is 0.703. The van der Waals surface area contributed by atoms with Gasteiger partial charge in [-0.25, -0.2) is 17.5 Å². The maximum absolute atomic E-state index is 13.3. The van der Waals surface area contributed by atoms with E-state index in [0.717, 1.165) is 0 Å². The summed E-state index contributed by atoms with van der Waals surface area (Å²) in [5, 5.41) is 8.48. The molecule has 0 radical (unpaired) electrons. The van der Waals surface area contributed by atoms with Crippen LogP contribution >= 0.6 is 0 Å². The van der Waals surface area contributed by atoms with Gasteiger partial charge in [0.25, 0.3) is 5.91 Å². The van der Waals surface area contributed by atoms with Crippen molar-refractivity contribution < 1.29 is 17.6 Å². The summed E-state index contributed by atoms with van der Waals surface area (Å²) < 4.78 is 39.8. The molecule has 142 valence electrons. The van der Waals surface area contributed by atoms with Crippen molar-refractivity contribution in [3.05, 3.63) is 65.5 Å². The number of nitrogens with zero attached hydrogens (tertiary/aromatic N) is 2. The van der Waals surface area contributed by atoms with E-state index in [0.29, 0.717) is 17.7 Å². The monoisotopic (exact) mass is 389 g/mol. The third-order valence-electron chi connectivity index (χ3n) is 3.87. The summed E-state index contributed by atoms with van der Waals surface area (Å²) in [7, 11) is -3.72. The normalized spacial score (nSPS) is 11.0. The first-order chi connectivity index (χ1) is 12.9. The Balaban J connectivity index is 2.12. The van der Waals surface area contributed by atoms with E-state index in [1.54, 1.807) is 17.0 Å². The van der Waals surface area contributed by atoms with Gasteiger partial charge in [0.1, 0.15) is 5.82 Å². The Morgan fingerprint density at radius 3 is 2.52 bits per heavy atom. The van der Waals surface area contributed by atoms with Crippen LogP contribution in [0.5, 0.6) is 0 Å². The van der Waals surface area contributed by atoms with E-state index in [-0.39, 0.29) is 36.1 Å². The molecule has 0 aliphatic carbocycles. The standard InChI is InChI=1S/C19H20FN3O3S/c1-2-23(14-15-5-3-6-17(20)13-15)19(24)16-7-9-18(10-8-16)27(25,26)22-12-4-11-21/h3,5-10,13,22H,2,4,12,14H2,1H3. The molecule has 0 heterocycles. The minimum atomic E-state index is -3.72. The zero-order chi connectivity index (χ0) is 19.9. The number of hydrogen-bond donors (Lipinski definition) is 1. The summed E-state index contributed by atoms with van der Waals surface area (Å²) in [4.78, 5) is 14.2. The molecule has 0 fully saturated rings. The van der Waals surface area contributed by atoms with E-state index in [1.165, 1.54) is 36.4 Å². The van der Waals surface area contributed by atoms with Crippen LogP contribution in [0.3, 0.4) is 0 Å². The third-order valence-corrected chi connectivity index (χ3v) is 5.35. The fraction of sp³-hybridized carbons (Fsp3) is 0.263. The minimum absolute atomic E-state index is 0.0187. The molecule has 2 aromatic rings. The van der Waals surface area contributed by atoms with Crippen LogP contribution in [0, 0.1) is 17.1 Å². The molecule has 1 N–H and O–H groups in total. The van der Waals surface area contributed by atoms with Crippen LogP contribution in [-0.4, -0.2) is 32.3 Å². The Bertz CT molecular complexity index is 937. The van der Waals surface area contributed by atoms with Crippen molar-refractivity contribution in [3.63, 3.8) is 0 Å². The predicted octanol–water partition coefficient (Wildman–Crippen LogP) is 2.68. The number of carbonyl (C=O) groups is 1. The number of amides is 1. The summed E-state index contributed by atoms with van der Waals surface area (Å²) >= 11 is 0. The average molecular weight is 389 g/mol. The molecule has 0 saturated carbocycles. The molecule has 27 heavy (non-hydrogen) atoms. The van der Waals surface area contributed by atoms with Crippen molar-refractivity contribution in [3.8, 4) is 6.07 Å². The summed E-state index contributed by atoms with van der Waals surface area (Å²) in [6, 6.07) is 13.5. The Labute approximate surface area is 158 Å². The van der Waals surface area contributed by atoms with Gasteiger partial charge in [-0.05, 0) is 48.9 Å². The van der Waals surface area contributed by atoms with Crippen LogP contribution in [-0.2, 0) is 16.6 Å². The van der Waals surface area contributed by atoms with Gasteiger partial charge in [0.15, 0.2) is 0 Å². The average Bonchev–Trinajstić information content (AvgIpc) is 2.66. The van der Waals surface area contributed by atoms with Crippen molar-refractivity contribution in [1.82, 2.24) is 9.62 Å². The first-order valence-electron chi connectivity index (χ1n) is 8.37. The van der Waals surface area contributed by atoms with Crippen LogP contribution in [0.4, 0.5) is 4.39 Å². The predicted molar refractivity (Wildman–Crippen MR) is 98.7 cm³/mol. The maximum atomic E-state index is 13.3. The molecule has 0 aliphatic heterocycles. The van der Waals surface area contributed by atoms with Crippen LogP contribution < -0.4 is 4.72 Å². The smallest absolute Gasteiger partial charge is 0.254 e. The number of sulfonamides is 1. The first kappa shape index (κ1) is 20.6. The summed E-state index contributed by atoms with van der Waals surface area (Å²) in [6.45, 7) is 2.51. The molecule has 8 heteroatoms. The van der Waals surface area contributed by atoms with Crippen LogP contribution in [0.2, 0.25) is 0 Å². The van der Waals surface area contributed by atoms with Gasteiger partial charge in [0, 0.05) is 31.6 Å². The molecule has 0 unspecified atom stereocenters. The van der Waals surface area contributed by atoms with Crippen LogP contribution in [0.25, 0.3) is 0 Å². The highest BCUT2D eigenvalue weighted by atomic mass is 32.2. The first-order valence-corrected chi connectivity index (χ1v) is 9.86. The molecule has 0 bridgehead atoms. The van der Waals surface area contributed by atoms with Gasteiger partial charge in [-0.2, -0.15) is 5.26 Å². The van der Waals surface area contributed by atoms with Crippen molar-refractivity contribution in [2.75, 3.05) is 13.1 Å². The number of nitrogens with one attached hydrogen (secondary N) is 1. The molecule has 0 atom stereocenters. The molecule has 0 spiro atoms. The van der Waals surface area contributed by atoms with Gasteiger partial charge in [0.05, 0.1) is 11.0 Å². The molecular formula is C19H20FN3O3S. The zero-order valence-electron chi connectivity index (χ0n) is 14.9. The van der Waals surface area contributed by atoms with E-state index in [4.69, 9.17) is 5.26 Å². The lowest BCUT2D eigenvalue weighted by Crippen LogP contribution is -2.30. The zero-order valence-corrected chi connectivity index (χ0v) is 15.7. The summed E-state index contributed by atoms with van der Waals surface area (Å²) in [5.41, 5.74) is 1.01. The second-order valence-corrected chi connectivity index (χ2v) is 7.55. The highest BCUT2D eigenvalue weighted by molar-refractivity contribution is 7.89. The van der Waals surface area contributed by atoms with Crippen molar-refractivity contribution in [2.45, 2.75) is 24.8 Å². The number of nitriles is 1. The lowest BCUT2D eigenvalue weighted by atomic mass is 10.1. The Morgan fingerprint density at radius 2 is 1.93 bits per heavy atom. The molecule has 6 nitrogen and oxygen atoms in total. The van der Waals surface area contributed by atoms with Gasteiger partial charge >= 0.3 is 0 Å². The number of halogens is 1. The van der Waals surface area contributed by atoms with Crippen molar-refractivity contribution in [2.24, 2.45) is 0 Å². The van der Waals surface area contributed by atoms with E-state index < -0.39 is 10.0 Å². The molecule has 2 rings (SSSR count). The molecular weight excluding hydrogens is 369 g/mol. The van der Waals surface area contributed by atoms with Gasteiger partial charge in [-0.15, -0.1) is 0 Å². The summed E-state index contributed by atoms with van der Waals surface area (Å²) in [6.07, 6.45) is 0.0708. The number of carbonyl (C=O) groups excluding carboxylic acids is 1. The van der Waals surface area contributed by atoms with Gasteiger partial charge < -0.3 is 4.90 Å². The van der Waals surface area contributed by atoms with Crippen molar-refractivity contribution in [1.29, 1.82) is 5.26 Å². The van der Waals surface area contributed by atoms with Crippen molar-refractivity contribution >= 4 is 15.9 Å². The Kier molecular flexibility index (Phi) is 7.05. The second kappa shape index (κ2) is 9.26. The van der Waals surface area contributed by atoms with E-state index >= 15 is 0 Å². The highest BCUT2D eigenvalue weighted by Gasteiger charge is 2.17. The Morgan fingerprint density at radius 1 is 1.22 bits per heavy atom. The molecule has 0 saturated heterocycles. The number of rotatable bonds is 8. The number of benzene rings is 2. The molecule has 1 amide bonds. The molecule has 0 aliphatic rings. The number of hydrogen-bond acceptors (Lipinski definition) is 4. The van der Waals surface area contributed by atoms with Gasteiger partial charge in [-0.1, -0.05) is 12.1 Å². The second-order valence-electron chi connectivity index (χ2n) is 5.78. The summed E-state index contributed by atoms with van der Waals surface area (Å²) in [5.74, 6) is -0.641. The largest absolute Gasteiger partial charge is 0.335 e. The van der Waals surface area contributed by atoms with Gasteiger partial charge in [0.2, 0.25) is 10.0 Å². The fourth-order valence-electron chi connectivity index (χ4n) is 2.47. The lowest BCUT2D eigenvalue weighted by Gasteiger charge is -2.21.